The van der Waals surface area contributed by atoms with Gasteiger partial charge in [0.25, 0.3) is 11.1 Å². The van der Waals surface area contributed by atoms with Crippen LogP contribution in [-0.2, 0) is 12.8 Å². The van der Waals surface area contributed by atoms with E-state index < -0.39 is 0 Å². The zero-order valence-electron chi connectivity index (χ0n) is 30.9. The molecule has 6 nitrogen and oxygen atoms in total. The number of methoxy groups -OCH3 is 2. The Bertz CT molecular complexity index is 2220. The summed E-state index contributed by atoms with van der Waals surface area (Å²) in [7, 11) is 3.28. The topological polar surface area (TPSA) is 61.4 Å². The zero-order chi connectivity index (χ0) is 36.5. The first-order chi connectivity index (χ1) is 25.5. The average Bonchev–Trinajstić information content (AvgIpc) is 3.81. The lowest BCUT2D eigenvalue weighted by atomic mass is 9.95. The predicted molar refractivity (Wildman–Crippen MR) is 212 cm³/mol. The van der Waals surface area contributed by atoms with Crippen LogP contribution in [0.5, 0.6) is 11.5 Å². The summed E-state index contributed by atoms with van der Waals surface area (Å²) in [5.41, 5.74) is 5.89. The molecule has 4 aromatic heterocycles. The summed E-state index contributed by atoms with van der Waals surface area (Å²) in [6.45, 7) is 4.42. The van der Waals surface area contributed by atoms with E-state index in [9.17, 15) is 9.59 Å². The quantitative estimate of drug-likeness (QED) is 0.0844. The van der Waals surface area contributed by atoms with Crippen LogP contribution in [-0.4, -0.2) is 23.0 Å². The number of hydrogen-bond acceptors (Lipinski definition) is 4. The highest BCUT2D eigenvalue weighted by atomic mass is 16.5. The summed E-state index contributed by atoms with van der Waals surface area (Å²) in [4.78, 5) is 29.7. The highest BCUT2D eigenvalue weighted by molar-refractivity contribution is 5.96. The van der Waals surface area contributed by atoms with Gasteiger partial charge < -0.3 is 9.47 Å². The van der Waals surface area contributed by atoms with Crippen molar-refractivity contribution in [3.8, 4) is 35.2 Å². The Morgan fingerprint density at radius 2 is 0.865 bits per heavy atom. The summed E-state index contributed by atoms with van der Waals surface area (Å²) in [5, 5.41) is 1.06. The van der Waals surface area contributed by atoms with Gasteiger partial charge in [-0.15, -0.1) is 0 Å². The van der Waals surface area contributed by atoms with Gasteiger partial charge in [0, 0.05) is 11.1 Å². The molecule has 52 heavy (non-hydrogen) atoms. The molecule has 6 rings (SSSR count). The van der Waals surface area contributed by atoms with E-state index in [-0.39, 0.29) is 11.1 Å². The molecule has 0 bridgehead atoms. The molecule has 0 fully saturated rings. The van der Waals surface area contributed by atoms with Crippen LogP contribution < -0.4 is 20.6 Å². The van der Waals surface area contributed by atoms with Crippen molar-refractivity contribution in [3.63, 3.8) is 0 Å². The second-order valence-corrected chi connectivity index (χ2v) is 13.5. The minimum atomic E-state index is -0.181. The maximum Gasteiger partial charge on any atom is 0.264 e. The average molecular weight is 693 g/mol. The molecule has 6 aromatic rings. The minimum Gasteiger partial charge on any atom is -0.497 e. The Morgan fingerprint density at radius 3 is 1.23 bits per heavy atom. The molecule has 266 valence electrons. The Balaban J connectivity index is 1.58. The molecule has 0 aliphatic rings. The smallest absolute Gasteiger partial charge is 0.264 e. The number of benzene rings is 2. The molecule has 0 N–H and O–H groups in total. The van der Waals surface area contributed by atoms with Crippen molar-refractivity contribution in [2.45, 2.75) is 90.9 Å². The number of nitrogens with zero attached hydrogens (tertiary/aromatic N) is 2. The standard InChI is InChI=1S/C46H48N2O4/c1-5-7-9-11-13-15-39-41-31-25-35(23-17-33-19-27-37(51-3)28-20-33)47(41)46(50)44-40(16-14-12-10-8-6-2)42-32-26-36(48(42)45(49)43(39)44)24-18-34-21-29-38(52-4)30-22-34/h19-22,25-32H,5-16H2,1-4H3. The van der Waals surface area contributed by atoms with Crippen LogP contribution in [0.1, 0.15) is 112 Å². The van der Waals surface area contributed by atoms with Gasteiger partial charge >= 0.3 is 0 Å². The van der Waals surface area contributed by atoms with Crippen LogP contribution >= 0.6 is 0 Å². The van der Waals surface area contributed by atoms with E-state index in [4.69, 9.17) is 9.47 Å². The summed E-state index contributed by atoms with van der Waals surface area (Å²) in [6, 6.07) is 22.9. The van der Waals surface area contributed by atoms with Crippen molar-refractivity contribution in [1.29, 1.82) is 0 Å². The van der Waals surface area contributed by atoms with Gasteiger partial charge in [0.15, 0.2) is 0 Å². The van der Waals surface area contributed by atoms with Gasteiger partial charge in [-0.2, -0.15) is 0 Å². The summed E-state index contributed by atoms with van der Waals surface area (Å²) in [6.07, 6.45) is 12.4. The number of hydrogen-bond donors (Lipinski definition) is 0. The fraction of sp³-hybridized carbons (Fsp3) is 0.348. The molecule has 2 aromatic carbocycles. The molecule has 0 aliphatic carbocycles. The van der Waals surface area contributed by atoms with Crippen molar-refractivity contribution in [1.82, 2.24) is 8.80 Å². The van der Waals surface area contributed by atoms with Gasteiger partial charge in [0.2, 0.25) is 0 Å². The molecule has 0 spiro atoms. The van der Waals surface area contributed by atoms with Gasteiger partial charge in [-0.3, -0.25) is 18.4 Å². The van der Waals surface area contributed by atoms with Gasteiger partial charge in [0.05, 0.1) is 36.0 Å². The lowest BCUT2D eigenvalue weighted by molar-refractivity contribution is 0.414. The van der Waals surface area contributed by atoms with E-state index in [0.717, 1.165) is 96.2 Å². The maximum absolute atomic E-state index is 14.8. The van der Waals surface area contributed by atoms with Gasteiger partial charge in [-0.25, -0.2) is 0 Å². The second-order valence-electron chi connectivity index (χ2n) is 13.5. The number of unbranched alkanes of at least 4 members (excludes halogenated alkanes) is 8. The number of fused-ring (bicyclic) bond motifs is 3. The van der Waals surface area contributed by atoms with Crippen molar-refractivity contribution in [2.75, 3.05) is 14.2 Å². The number of rotatable bonds is 14. The fourth-order valence-electron chi connectivity index (χ4n) is 7.17. The lowest BCUT2D eigenvalue weighted by Gasteiger charge is -2.15. The van der Waals surface area contributed by atoms with Crippen molar-refractivity contribution < 1.29 is 9.47 Å². The molecule has 0 unspecified atom stereocenters. The third-order valence-electron chi connectivity index (χ3n) is 9.98. The molecule has 0 saturated heterocycles. The molecule has 6 heteroatoms. The largest absolute Gasteiger partial charge is 0.497 e. The minimum absolute atomic E-state index is 0.181. The van der Waals surface area contributed by atoms with Crippen LogP contribution in [0.3, 0.4) is 0 Å². The summed E-state index contributed by atoms with van der Waals surface area (Å²) in [5.74, 6) is 14.6. The number of pyridine rings is 2. The first-order valence-electron chi connectivity index (χ1n) is 18.8. The number of aromatic nitrogens is 2. The van der Waals surface area contributed by atoms with E-state index in [1.54, 1.807) is 23.0 Å². The molecule has 0 amide bonds. The first-order valence-corrected chi connectivity index (χ1v) is 18.8. The van der Waals surface area contributed by atoms with E-state index >= 15 is 0 Å². The van der Waals surface area contributed by atoms with Gasteiger partial charge in [0.1, 0.15) is 22.9 Å². The normalized spacial score (nSPS) is 11.1. The predicted octanol–water partition coefficient (Wildman–Crippen LogP) is 9.35. The van der Waals surface area contributed by atoms with Crippen LogP contribution in [0.2, 0.25) is 0 Å². The fourth-order valence-corrected chi connectivity index (χ4v) is 7.17. The third-order valence-corrected chi connectivity index (χ3v) is 9.98. The maximum atomic E-state index is 14.8. The highest BCUT2D eigenvalue weighted by Crippen LogP contribution is 2.29. The first kappa shape index (κ1) is 36.3. The molecule has 0 aliphatic heterocycles. The summed E-state index contributed by atoms with van der Waals surface area (Å²) >= 11 is 0. The highest BCUT2D eigenvalue weighted by Gasteiger charge is 2.23. The van der Waals surface area contributed by atoms with E-state index in [2.05, 4.69) is 37.5 Å². The van der Waals surface area contributed by atoms with Gasteiger partial charge in [-0.05, 0) is 121 Å². The lowest BCUT2D eigenvalue weighted by Crippen LogP contribution is -2.25. The van der Waals surface area contributed by atoms with Crippen LogP contribution in [0.25, 0.3) is 21.8 Å². The Kier molecular flexibility index (Phi) is 12.0. The van der Waals surface area contributed by atoms with Crippen LogP contribution in [0.4, 0.5) is 0 Å². The van der Waals surface area contributed by atoms with Gasteiger partial charge in [-0.1, -0.05) is 77.1 Å². The second kappa shape index (κ2) is 17.2. The van der Waals surface area contributed by atoms with Crippen molar-refractivity contribution in [2.24, 2.45) is 0 Å². The Morgan fingerprint density at radius 1 is 0.481 bits per heavy atom. The third kappa shape index (κ3) is 7.73. The summed E-state index contributed by atoms with van der Waals surface area (Å²) < 4.78 is 14.1. The Hall–Kier alpha value is -5.46. The number of ether oxygens (including phenoxy) is 2. The Labute approximate surface area is 306 Å². The molecular weight excluding hydrogens is 645 g/mol. The van der Waals surface area contributed by atoms with Crippen LogP contribution in [0, 0.1) is 23.7 Å². The van der Waals surface area contributed by atoms with E-state index in [0.29, 0.717) is 35.0 Å². The number of aryl methyl sites for hydroxylation is 2. The van der Waals surface area contributed by atoms with Crippen LogP contribution in [0.15, 0.2) is 82.4 Å². The molecular formula is C46H48N2O4. The van der Waals surface area contributed by atoms with Crippen molar-refractivity contribution >= 4 is 21.8 Å². The molecule has 4 heterocycles. The monoisotopic (exact) mass is 692 g/mol. The van der Waals surface area contributed by atoms with Crippen molar-refractivity contribution in [3.05, 3.63) is 127 Å². The molecule has 0 radical (unpaired) electrons. The van der Waals surface area contributed by atoms with E-state index in [1.807, 2.05) is 72.8 Å². The zero-order valence-corrected chi connectivity index (χ0v) is 30.9. The van der Waals surface area contributed by atoms with E-state index in [1.165, 1.54) is 12.8 Å². The SMILES string of the molecule is CCCCCCCc1c2c(=O)n3c(C#Cc4ccc(OC)cc4)ccc3c(CCCCCCC)c2c(=O)n2c(C#Cc3ccc(OC)cc3)ccc12. The molecule has 0 saturated carbocycles. The molecule has 0 atom stereocenters.